The average molecular weight is 508 g/mol. The fourth-order valence-electron chi connectivity index (χ4n) is 0.0452. The normalized spacial score (nSPS) is 5.86. The zero-order chi connectivity index (χ0) is 5.70. The monoisotopic (exact) mass is 508 g/mol. The SMILES string of the molecule is O=C=[S](=[V][I])=[U]=[S]. The maximum atomic E-state index is 9.86. The minimum atomic E-state index is -0.970. The van der Waals surface area contributed by atoms with Gasteiger partial charge in [0, 0.05) is 0 Å². The Hall–Kier alpha value is 2.39. The Morgan fingerprint density at radius 3 is 2.57 bits per heavy atom. The number of hydrogen-bond acceptors (Lipinski definition) is 2. The molecule has 0 fully saturated rings. The summed E-state index contributed by atoms with van der Waals surface area (Å²) in [4.78, 5) is 9.86. The van der Waals surface area contributed by atoms with E-state index in [-0.39, 0.29) is 14.6 Å². The molecule has 0 aliphatic carbocycles. The van der Waals surface area contributed by atoms with Crippen LogP contribution in [0.1, 0.15) is 0 Å². The average Bonchev–Trinajstić information content (AvgIpc) is 1.72. The van der Waals surface area contributed by atoms with Gasteiger partial charge in [0.15, 0.2) is 0 Å². The molecule has 0 saturated heterocycles. The Morgan fingerprint density at radius 1 is 2.00 bits per heavy atom. The van der Waals surface area contributed by atoms with Gasteiger partial charge in [-0.3, -0.25) is 0 Å². The van der Waals surface area contributed by atoms with E-state index in [2.05, 4.69) is 20.0 Å². The van der Waals surface area contributed by atoms with Crippen LogP contribution < -0.4 is 0 Å². The van der Waals surface area contributed by atoms with Gasteiger partial charge in [0.25, 0.3) is 0 Å². The van der Waals surface area contributed by atoms with Crippen molar-refractivity contribution in [1.82, 2.24) is 0 Å². The van der Waals surface area contributed by atoms with Crippen LogP contribution in [0.4, 0.5) is 0 Å². The van der Waals surface area contributed by atoms with Gasteiger partial charge in [-0.1, -0.05) is 0 Å². The Labute approximate surface area is 73.9 Å². The second-order valence-corrected chi connectivity index (χ2v) is 27.5. The van der Waals surface area contributed by atoms with Crippen molar-refractivity contribution in [1.29, 1.82) is 0 Å². The van der Waals surface area contributed by atoms with Crippen molar-refractivity contribution < 1.29 is 39.2 Å². The first-order chi connectivity index (χ1) is 3.35. The molecule has 0 aromatic heterocycles. The number of hydrogen-bond donors (Lipinski definition) is 0. The molecule has 1 nitrogen and oxygen atoms in total. The third-order valence-corrected chi connectivity index (χ3v) is 47.6. The van der Waals surface area contributed by atoms with E-state index in [1.807, 2.05) is 5.23 Å². The fraction of sp³-hybridized carbons (Fsp3) is 0. The Morgan fingerprint density at radius 2 is 2.57 bits per heavy atom. The molecule has 0 amide bonds. The molecule has 0 atom stereocenters. The molecule has 38 valence electrons. The van der Waals surface area contributed by atoms with Gasteiger partial charge < -0.3 is 0 Å². The van der Waals surface area contributed by atoms with Gasteiger partial charge in [0.2, 0.25) is 0 Å². The van der Waals surface area contributed by atoms with Crippen LogP contribution in [0, 0.1) is 23.3 Å². The molecule has 0 bridgehead atoms. The van der Waals surface area contributed by atoms with E-state index in [1.165, 1.54) is 0 Å². The third kappa shape index (κ3) is 4.86. The molecule has 6 heteroatoms. The number of rotatable bonds is 0. The van der Waals surface area contributed by atoms with Gasteiger partial charge in [-0.15, -0.1) is 0 Å². The standard InChI is InChI=1S/COS.HI.S.U.V/c2-1-3;;;;/h;1H;;;/q;;;;+1/p-1. The van der Waals surface area contributed by atoms with Crippen molar-refractivity contribution in [3.63, 3.8) is 0 Å². The Bertz CT molecular complexity index is 212. The Balaban J connectivity index is 5.42. The third-order valence-electron chi connectivity index (χ3n) is 0.227. The van der Waals surface area contributed by atoms with Gasteiger partial charge >= 0.3 is 75.8 Å². The van der Waals surface area contributed by atoms with Crippen LogP contribution in [0.2, 0.25) is 0 Å². The summed E-state index contributed by atoms with van der Waals surface area (Å²) in [5, 5.41) is 2.00. The molecule has 0 saturated carbocycles. The van der Waals surface area contributed by atoms with E-state index in [9.17, 15) is 4.79 Å². The first kappa shape index (κ1) is 9.39. The van der Waals surface area contributed by atoms with Crippen LogP contribution in [0.5, 0.6) is 0 Å². The van der Waals surface area contributed by atoms with E-state index >= 15 is 0 Å². The van der Waals surface area contributed by atoms with Crippen molar-refractivity contribution in [2.75, 3.05) is 0 Å². The van der Waals surface area contributed by atoms with Crippen LogP contribution in [-0.4, -0.2) is 5.23 Å². The molecule has 0 aromatic carbocycles. The molecule has 7 heavy (non-hydrogen) atoms. The fourth-order valence-corrected chi connectivity index (χ4v) is 35.3. The summed E-state index contributed by atoms with van der Waals surface area (Å²) in [5.41, 5.74) is 0. The summed E-state index contributed by atoms with van der Waals surface area (Å²) in [6, 6.07) is 0. The Kier molecular flexibility index (Phi) is 8.72. The van der Waals surface area contributed by atoms with Crippen molar-refractivity contribution >= 4 is 36.5 Å². The second-order valence-electron chi connectivity index (χ2n) is 0.520. The van der Waals surface area contributed by atoms with E-state index in [0.29, 0.717) is 0 Å². The molecule has 0 N–H and O–H groups in total. The first-order valence-corrected chi connectivity index (χ1v) is 19.2. The molecule has 0 heterocycles. The number of halogens is 1. The van der Waals surface area contributed by atoms with Crippen molar-refractivity contribution in [2.45, 2.75) is 0 Å². The quantitative estimate of drug-likeness (QED) is 0.367. The first-order valence-electron chi connectivity index (χ1n) is 1.17. The zero-order valence-corrected chi connectivity index (χ0v) is 12.4. The van der Waals surface area contributed by atoms with Crippen LogP contribution in [0.3, 0.4) is 0 Å². The van der Waals surface area contributed by atoms with Crippen LogP contribution in [0.25, 0.3) is 0 Å². The molecule has 0 aliphatic heterocycles. The zero-order valence-electron chi connectivity index (χ0n) is 3.05. The van der Waals surface area contributed by atoms with E-state index < -0.39 is 23.3 Å². The predicted molar refractivity (Wildman–Crippen MR) is 34.9 cm³/mol. The van der Waals surface area contributed by atoms with Crippen molar-refractivity contribution in [3.05, 3.63) is 0 Å². The molecule has 0 spiro atoms. The van der Waals surface area contributed by atoms with Crippen molar-refractivity contribution in [2.24, 2.45) is 0 Å². The molecule has 0 unspecified atom stereocenters. The van der Waals surface area contributed by atoms with Crippen molar-refractivity contribution in [3.8, 4) is 0 Å². The van der Waals surface area contributed by atoms with Crippen LogP contribution >= 0.6 is 31.3 Å². The topological polar surface area (TPSA) is 17.1 Å². The summed E-state index contributed by atoms with van der Waals surface area (Å²) < 4.78 is 0.0535. The van der Waals surface area contributed by atoms with Gasteiger partial charge in [-0.25, -0.2) is 0 Å². The van der Waals surface area contributed by atoms with E-state index in [0.717, 1.165) is 0 Å². The second kappa shape index (κ2) is 6.51. The van der Waals surface area contributed by atoms with Gasteiger partial charge in [0.1, 0.15) is 0 Å². The van der Waals surface area contributed by atoms with Gasteiger partial charge in [-0.2, -0.15) is 0 Å². The van der Waals surface area contributed by atoms with Crippen LogP contribution in [0.15, 0.2) is 0 Å². The summed E-state index contributed by atoms with van der Waals surface area (Å²) in [5.74, 6) is 0. The summed E-state index contributed by atoms with van der Waals surface area (Å²) in [7, 11) is 4.85. The molecule has 0 aromatic rings. The van der Waals surface area contributed by atoms with E-state index in [4.69, 9.17) is 7.91 Å². The maximum absolute atomic E-state index is 9.86. The predicted octanol–water partition coefficient (Wildman–Crippen LogP) is 1.78. The summed E-state index contributed by atoms with van der Waals surface area (Å²) in [6.45, 7) is 0. The summed E-state index contributed by atoms with van der Waals surface area (Å²) >= 11 is 1.53. The van der Waals surface area contributed by atoms with Crippen LogP contribution in [-0.2, 0) is 16.0 Å². The molecule has 0 radical (unpaired) electrons. The van der Waals surface area contributed by atoms with Gasteiger partial charge in [0.05, 0.1) is 0 Å². The van der Waals surface area contributed by atoms with Gasteiger partial charge in [-0.05, 0) is 0 Å². The van der Waals surface area contributed by atoms with E-state index in [1.54, 1.807) is 0 Å². The summed E-state index contributed by atoms with van der Waals surface area (Å²) in [6.07, 6.45) is 0. The molecule has 0 rings (SSSR count). The molecular formula is CIOS2UV. The minimum absolute atomic E-state index is 0.0535. The molecule has 0 aliphatic rings. The number of carbonyl (C=O) groups excluding carboxylic acids is 1. The molecular weight excluding hydrogens is 508 g/mol.